The van der Waals surface area contributed by atoms with Gasteiger partial charge in [-0.15, -0.1) is 24.5 Å². The molecule has 0 amide bonds. The van der Waals surface area contributed by atoms with E-state index in [2.05, 4.69) is 23.5 Å². The summed E-state index contributed by atoms with van der Waals surface area (Å²) in [6.45, 7) is 5.70. The van der Waals surface area contributed by atoms with Gasteiger partial charge in [-0.2, -0.15) is 0 Å². The summed E-state index contributed by atoms with van der Waals surface area (Å²) in [5, 5.41) is 9.49. The maximum absolute atomic E-state index is 12.7. The average Bonchev–Trinajstić information content (AvgIpc) is 3.34. The lowest BCUT2D eigenvalue weighted by Crippen LogP contribution is -2.25. The first-order chi connectivity index (χ1) is 19.4. The number of thiazole rings is 1. The molecule has 11 heteroatoms. The second kappa shape index (κ2) is 12.5. The van der Waals surface area contributed by atoms with Gasteiger partial charge in [-0.05, 0) is 86.5 Å². The predicted octanol–water partition coefficient (Wildman–Crippen LogP) is 7.57. The van der Waals surface area contributed by atoms with Crippen molar-refractivity contribution in [1.82, 2.24) is 4.98 Å². The molecule has 4 rings (SSSR count). The number of carboxylic acids is 1. The Morgan fingerprint density at radius 3 is 2.20 bits per heavy atom. The third-order valence-electron chi connectivity index (χ3n) is 6.20. The Morgan fingerprint density at radius 2 is 1.61 bits per heavy atom. The molecule has 3 aromatic carbocycles. The van der Waals surface area contributed by atoms with Crippen LogP contribution in [0.15, 0.2) is 66.7 Å². The van der Waals surface area contributed by atoms with Gasteiger partial charge in [-0.25, -0.2) is 9.78 Å². The summed E-state index contributed by atoms with van der Waals surface area (Å²) >= 11 is 1.38. The zero-order chi connectivity index (χ0) is 29.7. The lowest BCUT2D eigenvalue weighted by molar-refractivity contribution is -0.274. The Hall–Kier alpha value is -4.25. The van der Waals surface area contributed by atoms with Gasteiger partial charge in [0, 0.05) is 24.3 Å². The van der Waals surface area contributed by atoms with Crippen LogP contribution in [0.25, 0.3) is 21.7 Å². The number of nitrogens with zero attached hydrogens (tertiary/aromatic N) is 2. The number of aryl methyl sites for hydroxylation is 1. The number of hydrogen-bond donors (Lipinski definition) is 1. The van der Waals surface area contributed by atoms with E-state index in [4.69, 9.17) is 19.6 Å². The summed E-state index contributed by atoms with van der Waals surface area (Å²) in [5.41, 5.74) is 4.00. The smallest absolute Gasteiger partial charge is 0.486 e. The van der Waals surface area contributed by atoms with E-state index >= 15 is 0 Å². The van der Waals surface area contributed by atoms with Gasteiger partial charge in [0.15, 0.2) is 6.61 Å². The van der Waals surface area contributed by atoms with E-state index in [0.717, 1.165) is 21.7 Å². The Balaban J connectivity index is 1.61. The molecule has 0 fully saturated rings. The molecule has 4 aromatic rings. The van der Waals surface area contributed by atoms with Gasteiger partial charge in [-0.3, -0.25) is 0 Å². The fraction of sp³-hybridized carbons (Fsp3) is 0.267. The van der Waals surface area contributed by atoms with Crippen LogP contribution in [0, 0.1) is 6.92 Å². The first-order valence-electron chi connectivity index (χ1n) is 12.7. The van der Waals surface area contributed by atoms with E-state index in [1.165, 1.54) is 23.5 Å². The molecule has 1 N–H and O–H groups in total. The third kappa shape index (κ3) is 7.91. The average molecular weight is 587 g/mol. The monoisotopic (exact) mass is 586 g/mol. The molecule has 0 saturated heterocycles. The van der Waals surface area contributed by atoms with Crippen LogP contribution in [0.2, 0.25) is 0 Å². The zero-order valence-electron chi connectivity index (χ0n) is 22.9. The number of benzene rings is 3. The van der Waals surface area contributed by atoms with Gasteiger partial charge in [0.2, 0.25) is 0 Å². The number of carbonyl (C=O) groups is 1. The molecule has 216 valence electrons. The van der Waals surface area contributed by atoms with Crippen molar-refractivity contribution >= 4 is 23.0 Å². The molecule has 0 spiro atoms. The topological polar surface area (TPSA) is 81.1 Å². The SMILES string of the molecule is Cc1cc(OCc2nc(-c3ccc(N(C)C(C)C)cc3)c(-c3ccc(OC(F)(F)F)cc3)s2)ccc1OCC(=O)O. The zero-order valence-corrected chi connectivity index (χ0v) is 23.7. The van der Waals surface area contributed by atoms with Gasteiger partial charge in [-0.1, -0.05) is 12.1 Å². The number of halogens is 3. The van der Waals surface area contributed by atoms with Crippen LogP contribution in [0.1, 0.15) is 24.4 Å². The molecule has 0 aliphatic rings. The second-order valence-corrected chi connectivity index (χ2v) is 10.6. The van der Waals surface area contributed by atoms with Gasteiger partial charge in [0.25, 0.3) is 0 Å². The van der Waals surface area contributed by atoms with Crippen molar-refractivity contribution in [3.05, 3.63) is 77.3 Å². The largest absolute Gasteiger partial charge is 0.573 e. The summed E-state index contributed by atoms with van der Waals surface area (Å²) in [4.78, 5) is 18.5. The molecular weight excluding hydrogens is 557 g/mol. The molecule has 0 saturated carbocycles. The molecule has 7 nitrogen and oxygen atoms in total. The van der Waals surface area contributed by atoms with E-state index < -0.39 is 18.9 Å². The van der Waals surface area contributed by atoms with Crippen LogP contribution < -0.4 is 19.1 Å². The standard InChI is InChI=1S/C30H29F3N2O5S/c1-18(2)35(4)22-9-5-20(6-10-22)28-29(21-7-11-23(12-8-21)40-30(31,32)33)41-26(34-28)16-38-24-13-14-25(19(3)15-24)39-17-27(36)37/h5-15,18H,16-17H2,1-4H3,(H,36,37). The maximum atomic E-state index is 12.7. The van der Waals surface area contributed by atoms with Crippen molar-refractivity contribution in [2.45, 2.75) is 39.8 Å². The molecule has 1 aromatic heterocycles. The molecule has 0 bridgehead atoms. The van der Waals surface area contributed by atoms with Gasteiger partial charge >= 0.3 is 12.3 Å². The summed E-state index contributed by atoms with van der Waals surface area (Å²) in [6.07, 6.45) is -4.77. The lowest BCUT2D eigenvalue weighted by atomic mass is 10.1. The number of carboxylic acid groups (broad SMARTS) is 1. The van der Waals surface area contributed by atoms with Crippen LogP contribution in [0.5, 0.6) is 17.2 Å². The Kier molecular flexibility index (Phi) is 9.07. The van der Waals surface area contributed by atoms with Gasteiger partial charge in [0.1, 0.15) is 28.9 Å². The second-order valence-electron chi connectivity index (χ2n) is 9.51. The van der Waals surface area contributed by atoms with E-state index in [9.17, 15) is 18.0 Å². The highest BCUT2D eigenvalue weighted by atomic mass is 32.1. The molecule has 0 radical (unpaired) electrons. The predicted molar refractivity (Wildman–Crippen MR) is 152 cm³/mol. The lowest BCUT2D eigenvalue weighted by Gasteiger charge is -2.23. The molecule has 41 heavy (non-hydrogen) atoms. The summed E-state index contributed by atoms with van der Waals surface area (Å²) in [6, 6.07) is 19.0. The Morgan fingerprint density at radius 1 is 0.976 bits per heavy atom. The third-order valence-corrected chi connectivity index (χ3v) is 7.28. The molecule has 0 aliphatic carbocycles. The number of ether oxygens (including phenoxy) is 3. The highest BCUT2D eigenvalue weighted by molar-refractivity contribution is 7.15. The van der Waals surface area contributed by atoms with Crippen LogP contribution in [0.4, 0.5) is 18.9 Å². The van der Waals surface area contributed by atoms with Crippen molar-refractivity contribution in [3.8, 4) is 38.9 Å². The number of anilines is 1. The molecule has 0 unspecified atom stereocenters. The van der Waals surface area contributed by atoms with E-state index in [1.807, 2.05) is 31.3 Å². The number of aliphatic carboxylic acids is 1. The van der Waals surface area contributed by atoms with E-state index in [1.54, 1.807) is 37.3 Å². The summed E-state index contributed by atoms with van der Waals surface area (Å²) in [5.74, 6) is -0.367. The molecule has 0 aliphatic heterocycles. The van der Waals surface area contributed by atoms with Crippen LogP contribution >= 0.6 is 11.3 Å². The Labute approximate surface area is 239 Å². The number of rotatable bonds is 11. The maximum Gasteiger partial charge on any atom is 0.573 e. The highest BCUT2D eigenvalue weighted by Crippen LogP contribution is 2.39. The fourth-order valence-corrected chi connectivity index (χ4v) is 4.94. The minimum atomic E-state index is -4.77. The summed E-state index contributed by atoms with van der Waals surface area (Å²) in [7, 11) is 2.01. The minimum Gasteiger partial charge on any atom is -0.486 e. The van der Waals surface area contributed by atoms with Crippen molar-refractivity contribution < 1.29 is 37.3 Å². The van der Waals surface area contributed by atoms with Crippen molar-refractivity contribution in [2.24, 2.45) is 0 Å². The molecular formula is C30H29F3N2O5S. The van der Waals surface area contributed by atoms with Crippen molar-refractivity contribution in [1.29, 1.82) is 0 Å². The fourth-order valence-electron chi connectivity index (χ4n) is 3.94. The van der Waals surface area contributed by atoms with Crippen molar-refractivity contribution in [2.75, 3.05) is 18.6 Å². The number of alkyl halides is 3. The van der Waals surface area contributed by atoms with E-state index in [-0.39, 0.29) is 12.4 Å². The Bertz CT molecular complexity index is 1490. The van der Waals surface area contributed by atoms with Gasteiger partial charge < -0.3 is 24.2 Å². The first kappa shape index (κ1) is 29.7. The first-order valence-corrected chi connectivity index (χ1v) is 13.5. The quantitative estimate of drug-likeness (QED) is 0.194. The number of hydrogen-bond acceptors (Lipinski definition) is 7. The van der Waals surface area contributed by atoms with Crippen molar-refractivity contribution in [3.63, 3.8) is 0 Å². The minimum absolute atomic E-state index is 0.149. The van der Waals surface area contributed by atoms with Gasteiger partial charge in [0.05, 0.1) is 10.6 Å². The normalized spacial score (nSPS) is 11.4. The number of aromatic nitrogens is 1. The van der Waals surface area contributed by atoms with Crippen LogP contribution in [-0.4, -0.2) is 42.1 Å². The molecule has 1 heterocycles. The molecule has 0 atom stereocenters. The van der Waals surface area contributed by atoms with Crippen LogP contribution in [-0.2, 0) is 11.4 Å². The van der Waals surface area contributed by atoms with E-state index in [0.29, 0.717) is 33.8 Å². The van der Waals surface area contributed by atoms with Crippen LogP contribution in [0.3, 0.4) is 0 Å². The summed E-state index contributed by atoms with van der Waals surface area (Å²) < 4.78 is 53.2. The highest BCUT2D eigenvalue weighted by Gasteiger charge is 2.31.